The van der Waals surface area contributed by atoms with Crippen molar-refractivity contribution in [1.29, 1.82) is 0 Å². The molecule has 0 fully saturated rings. The van der Waals surface area contributed by atoms with Crippen LogP contribution in [0.3, 0.4) is 0 Å². The van der Waals surface area contributed by atoms with Crippen LogP contribution in [0.2, 0.25) is 5.02 Å². The summed E-state index contributed by atoms with van der Waals surface area (Å²) in [4.78, 5) is 43.6. The number of halogens is 2. The highest BCUT2D eigenvalue weighted by atomic mass is 35.5. The Morgan fingerprint density at radius 2 is 1.68 bits per heavy atom. The third-order valence-electron chi connectivity index (χ3n) is 5.51. The fourth-order valence-electron chi connectivity index (χ4n) is 3.50. The number of hydrogen-bond donors (Lipinski definition) is 3. The summed E-state index contributed by atoms with van der Waals surface area (Å²) in [5.74, 6) is -1.66. The van der Waals surface area contributed by atoms with Crippen LogP contribution < -0.4 is 16.0 Å². The van der Waals surface area contributed by atoms with Gasteiger partial charge in [0.05, 0.1) is 10.3 Å². The molecule has 202 valence electrons. The lowest BCUT2D eigenvalue weighted by molar-refractivity contribution is -0.115. The van der Waals surface area contributed by atoms with E-state index in [-0.39, 0.29) is 22.2 Å². The molecule has 40 heavy (non-hydrogen) atoms. The van der Waals surface area contributed by atoms with Crippen LogP contribution in [0.25, 0.3) is 6.08 Å². The summed E-state index contributed by atoms with van der Waals surface area (Å²) in [6, 6.07) is 24.6. The van der Waals surface area contributed by atoms with E-state index in [1.807, 2.05) is 0 Å². The number of carbonyl (C=O) groups is 3. The maximum atomic E-state index is 14.5. The Hall–Kier alpha value is -4.47. The lowest BCUT2D eigenvalue weighted by atomic mass is 10.1. The van der Waals surface area contributed by atoms with Crippen LogP contribution in [0.15, 0.2) is 108 Å². The first-order chi connectivity index (χ1) is 19.3. The number of thioether (sulfide) groups is 1. The fraction of sp³-hybridized carbons (Fsp3) is 0.0667. The number of nitrogens with zero attached hydrogens (tertiary/aromatic N) is 1. The third kappa shape index (κ3) is 7.78. The molecule has 0 bridgehead atoms. The summed E-state index contributed by atoms with van der Waals surface area (Å²) >= 11 is 7.46. The number of amides is 3. The fourth-order valence-corrected chi connectivity index (χ4v) is 4.65. The lowest BCUT2D eigenvalue weighted by Crippen LogP contribution is -2.30. The number of rotatable bonds is 9. The molecule has 1 aromatic heterocycles. The van der Waals surface area contributed by atoms with Crippen LogP contribution in [0.4, 0.5) is 15.9 Å². The van der Waals surface area contributed by atoms with Crippen molar-refractivity contribution >= 4 is 58.7 Å². The minimum atomic E-state index is -0.688. The number of aromatic nitrogens is 1. The highest BCUT2D eigenvalue weighted by Gasteiger charge is 2.18. The summed E-state index contributed by atoms with van der Waals surface area (Å²) in [5, 5.41) is 7.67. The van der Waals surface area contributed by atoms with E-state index >= 15 is 0 Å². The van der Waals surface area contributed by atoms with E-state index in [1.54, 1.807) is 85.9 Å². The van der Waals surface area contributed by atoms with E-state index in [0.717, 1.165) is 4.90 Å². The zero-order valence-electron chi connectivity index (χ0n) is 21.2. The minimum absolute atomic E-state index is 0.0419. The second-order valence-electron chi connectivity index (χ2n) is 8.46. The summed E-state index contributed by atoms with van der Waals surface area (Å²) in [6.07, 6.45) is 2.78. The van der Waals surface area contributed by atoms with Crippen LogP contribution in [0.5, 0.6) is 0 Å². The number of anilines is 2. The molecule has 4 aromatic rings. The molecule has 3 N–H and O–H groups in total. The predicted molar refractivity (Wildman–Crippen MR) is 157 cm³/mol. The van der Waals surface area contributed by atoms with Gasteiger partial charge in [-0.05, 0) is 67.6 Å². The molecule has 3 aromatic carbocycles. The second-order valence-corrected chi connectivity index (χ2v) is 10.3. The van der Waals surface area contributed by atoms with Crippen molar-refractivity contribution in [3.63, 3.8) is 0 Å². The lowest BCUT2D eigenvalue weighted by Gasteiger charge is -2.14. The average Bonchev–Trinajstić information content (AvgIpc) is 2.95. The van der Waals surface area contributed by atoms with Crippen LogP contribution in [0, 0.1) is 5.82 Å². The molecule has 1 atom stereocenters. The number of carbonyl (C=O) groups excluding carboxylic acids is 3. The van der Waals surface area contributed by atoms with Crippen molar-refractivity contribution in [2.24, 2.45) is 0 Å². The van der Waals surface area contributed by atoms with Gasteiger partial charge in [-0.15, -0.1) is 11.8 Å². The number of pyridine rings is 1. The highest BCUT2D eigenvalue weighted by Crippen LogP contribution is 2.27. The van der Waals surface area contributed by atoms with Gasteiger partial charge in [0, 0.05) is 27.9 Å². The Balaban J connectivity index is 1.52. The molecule has 7 nitrogen and oxygen atoms in total. The number of benzene rings is 3. The van der Waals surface area contributed by atoms with E-state index in [2.05, 4.69) is 20.9 Å². The Bertz CT molecular complexity index is 1530. The molecule has 0 aliphatic heterocycles. The first-order valence-corrected chi connectivity index (χ1v) is 13.4. The van der Waals surface area contributed by atoms with Crippen LogP contribution in [-0.2, 0) is 9.59 Å². The molecule has 10 heteroatoms. The van der Waals surface area contributed by atoms with E-state index in [1.165, 1.54) is 36.0 Å². The zero-order chi connectivity index (χ0) is 28.5. The Kier molecular flexibility index (Phi) is 9.66. The normalized spacial score (nSPS) is 11.8. The van der Waals surface area contributed by atoms with Crippen LogP contribution in [0.1, 0.15) is 22.8 Å². The molecule has 1 unspecified atom stereocenters. The van der Waals surface area contributed by atoms with E-state index in [0.29, 0.717) is 17.1 Å². The molecular formula is C30H24ClFN4O3S. The molecule has 0 spiro atoms. The van der Waals surface area contributed by atoms with Gasteiger partial charge in [0.15, 0.2) is 0 Å². The summed E-state index contributed by atoms with van der Waals surface area (Å²) < 4.78 is 14.5. The summed E-state index contributed by atoms with van der Waals surface area (Å²) in [5.41, 5.74) is 0.478. The molecule has 1 heterocycles. The molecule has 0 aliphatic rings. The summed E-state index contributed by atoms with van der Waals surface area (Å²) in [7, 11) is 0. The number of hydrogen-bond acceptors (Lipinski definition) is 5. The van der Waals surface area contributed by atoms with Gasteiger partial charge in [0.25, 0.3) is 11.8 Å². The summed E-state index contributed by atoms with van der Waals surface area (Å²) in [6.45, 7) is 1.76. The van der Waals surface area contributed by atoms with Gasteiger partial charge >= 0.3 is 0 Å². The monoisotopic (exact) mass is 574 g/mol. The van der Waals surface area contributed by atoms with Crippen LogP contribution >= 0.6 is 23.4 Å². The predicted octanol–water partition coefficient (Wildman–Crippen LogP) is 6.40. The van der Waals surface area contributed by atoms with Gasteiger partial charge in [-0.25, -0.2) is 9.37 Å². The topological polar surface area (TPSA) is 100 Å². The van der Waals surface area contributed by atoms with Crippen molar-refractivity contribution < 1.29 is 18.8 Å². The Labute approximate surface area is 239 Å². The standard InChI is InChI=1S/C30H24ClFN4O3S/c1-19(28(37)36-27-15-5-6-16-33-27)40-22-12-7-11-21(17-22)34-30(39)26(18-23-24(31)13-8-14-25(23)32)35-29(38)20-9-3-2-4-10-20/h2-19H,1H3,(H,34,39)(H,35,38)(H,33,36,37)/b26-18+. The van der Waals surface area contributed by atoms with Crippen LogP contribution in [-0.4, -0.2) is 28.0 Å². The molecule has 0 radical (unpaired) electrons. The number of nitrogens with one attached hydrogen (secondary N) is 3. The van der Waals surface area contributed by atoms with Crippen molar-refractivity contribution in [3.05, 3.63) is 125 Å². The van der Waals surface area contributed by atoms with E-state index in [4.69, 9.17) is 11.6 Å². The maximum absolute atomic E-state index is 14.5. The molecule has 0 saturated heterocycles. The molecular weight excluding hydrogens is 551 g/mol. The van der Waals surface area contributed by atoms with Gasteiger partial charge in [0.1, 0.15) is 17.3 Å². The van der Waals surface area contributed by atoms with E-state index in [9.17, 15) is 18.8 Å². The van der Waals surface area contributed by atoms with Gasteiger partial charge in [-0.3, -0.25) is 14.4 Å². The molecule has 4 rings (SSSR count). The maximum Gasteiger partial charge on any atom is 0.272 e. The Morgan fingerprint density at radius 1 is 0.925 bits per heavy atom. The van der Waals surface area contributed by atoms with Gasteiger partial charge in [0.2, 0.25) is 5.91 Å². The largest absolute Gasteiger partial charge is 0.321 e. The quantitative estimate of drug-likeness (QED) is 0.159. The van der Waals surface area contributed by atoms with Crippen molar-refractivity contribution in [1.82, 2.24) is 10.3 Å². The second kappa shape index (κ2) is 13.5. The third-order valence-corrected chi connectivity index (χ3v) is 6.93. The first kappa shape index (κ1) is 28.5. The van der Waals surface area contributed by atoms with Crippen molar-refractivity contribution in [3.8, 4) is 0 Å². The average molecular weight is 575 g/mol. The molecule has 3 amide bonds. The minimum Gasteiger partial charge on any atom is -0.321 e. The van der Waals surface area contributed by atoms with E-state index < -0.39 is 22.9 Å². The van der Waals surface area contributed by atoms with Gasteiger partial charge < -0.3 is 16.0 Å². The van der Waals surface area contributed by atoms with Crippen molar-refractivity contribution in [2.75, 3.05) is 10.6 Å². The highest BCUT2D eigenvalue weighted by molar-refractivity contribution is 8.00. The SMILES string of the molecule is CC(Sc1cccc(NC(=O)/C(=C\c2c(F)cccc2Cl)NC(=O)c2ccccc2)c1)C(=O)Nc1ccccn1. The van der Waals surface area contributed by atoms with Gasteiger partial charge in [-0.2, -0.15) is 0 Å². The molecule has 0 saturated carbocycles. The van der Waals surface area contributed by atoms with Gasteiger partial charge in [-0.1, -0.05) is 48.0 Å². The smallest absolute Gasteiger partial charge is 0.272 e. The van der Waals surface area contributed by atoms with Crippen molar-refractivity contribution in [2.45, 2.75) is 17.1 Å². The zero-order valence-corrected chi connectivity index (χ0v) is 22.8. The Morgan fingerprint density at radius 3 is 2.40 bits per heavy atom. The molecule has 0 aliphatic carbocycles. The first-order valence-electron chi connectivity index (χ1n) is 12.1.